The predicted molar refractivity (Wildman–Crippen MR) is 64.2 cm³/mol. The lowest BCUT2D eigenvalue weighted by molar-refractivity contribution is 0.228. The molecule has 3 N–H and O–H groups in total. The zero-order valence-electron chi connectivity index (χ0n) is 10.5. The van der Waals surface area contributed by atoms with Gasteiger partial charge in [0.05, 0.1) is 0 Å². The van der Waals surface area contributed by atoms with Crippen LogP contribution >= 0.6 is 0 Å². The molecule has 0 aromatic carbocycles. The highest BCUT2D eigenvalue weighted by atomic mass is 16.2. The molecule has 1 saturated heterocycles. The molecular weight excluding hydrogens is 202 g/mol. The van der Waals surface area contributed by atoms with Gasteiger partial charge in [0, 0.05) is 12.1 Å². The molecule has 2 fully saturated rings. The Bertz CT molecular complexity index is 267. The molecule has 16 heavy (non-hydrogen) atoms. The summed E-state index contributed by atoms with van der Waals surface area (Å²) in [5.74, 6) is 2.36. The molecule has 0 radical (unpaired) electrons. The standard InChI is InChI=1S/C12H23N3O/c1-4-12(2,3)15-11(16)14-7-10-8-5-13-6-9(8)10/h8-10,13H,4-7H2,1-3H3,(H2,14,15,16). The lowest BCUT2D eigenvalue weighted by Crippen LogP contribution is -2.48. The smallest absolute Gasteiger partial charge is 0.315 e. The minimum Gasteiger partial charge on any atom is -0.338 e. The Kier molecular flexibility index (Phi) is 3.10. The number of nitrogens with one attached hydrogen (secondary N) is 3. The van der Waals surface area contributed by atoms with E-state index < -0.39 is 0 Å². The van der Waals surface area contributed by atoms with Crippen molar-refractivity contribution in [2.75, 3.05) is 19.6 Å². The second kappa shape index (κ2) is 4.24. The maximum atomic E-state index is 11.6. The van der Waals surface area contributed by atoms with Gasteiger partial charge in [-0.2, -0.15) is 0 Å². The summed E-state index contributed by atoms with van der Waals surface area (Å²) in [5.41, 5.74) is -0.106. The van der Waals surface area contributed by atoms with Crippen LogP contribution in [0, 0.1) is 17.8 Å². The summed E-state index contributed by atoms with van der Waals surface area (Å²) in [6, 6.07) is -0.0233. The Hall–Kier alpha value is -0.770. The summed E-state index contributed by atoms with van der Waals surface area (Å²) in [5, 5.41) is 9.33. The molecule has 0 spiro atoms. The van der Waals surface area contributed by atoms with Crippen molar-refractivity contribution in [3.63, 3.8) is 0 Å². The molecule has 0 aromatic heterocycles. The van der Waals surface area contributed by atoms with E-state index in [1.54, 1.807) is 0 Å². The van der Waals surface area contributed by atoms with Crippen molar-refractivity contribution in [3.8, 4) is 0 Å². The molecule has 0 bridgehead atoms. The van der Waals surface area contributed by atoms with Gasteiger partial charge >= 0.3 is 6.03 Å². The lowest BCUT2D eigenvalue weighted by Gasteiger charge is -2.24. The minimum absolute atomic E-state index is 0.0233. The van der Waals surface area contributed by atoms with Crippen LogP contribution < -0.4 is 16.0 Å². The van der Waals surface area contributed by atoms with Gasteiger partial charge in [-0.15, -0.1) is 0 Å². The Morgan fingerprint density at radius 2 is 2.00 bits per heavy atom. The van der Waals surface area contributed by atoms with Gasteiger partial charge in [-0.3, -0.25) is 0 Å². The third-order valence-corrected chi connectivity index (χ3v) is 4.10. The molecule has 2 atom stereocenters. The Labute approximate surface area is 97.6 Å². The van der Waals surface area contributed by atoms with Crippen LogP contribution in [0.1, 0.15) is 27.2 Å². The molecule has 1 heterocycles. The number of carbonyl (C=O) groups is 1. The van der Waals surface area contributed by atoms with Crippen LogP contribution in [-0.2, 0) is 0 Å². The summed E-state index contributed by atoms with van der Waals surface area (Å²) < 4.78 is 0. The van der Waals surface area contributed by atoms with Crippen molar-refractivity contribution in [1.29, 1.82) is 0 Å². The maximum absolute atomic E-state index is 11.6. The molecule has 4 nitrogen and oxygen atoms in total. The highest BCUT2D eigenvalue weighted by molar-refractivity contribution is 5.74. The summed E-state index contributed by atoms with van der Waals surface area (Å²) in [4.78, 5) is 11.6. The molecule has 2 aliphatic rings. The number of carbonyl (C=O) groups excluding carboxylic acids is 1. The Balaban J connectivity index is 1.65. The zero-order chi connectivity index (χ0) is 11.8. The molecule has 4 heteroatoms. The van der Waals surface area contributed by atoms with Gasteiger partial charge < -0.3 is 16.0 Å². The highest BCUT2D eigenvalue weighted by Crippen LogP contribution is 2.47. The predicted octanol–water partition coefficient (Wildman–Crippen LogP) is 0.940. The number of hydrogen-bond donors (Lipinski definition) is 3. The molecule has 92 valence electrons. The average Bonchev–Trinajstić information content (AvgIpc) is 2.67. The van der Waals surface area contributed by atoms with Crippen molar-refractivity contribution in [3.05, 3.63) is 0 Å². The fourth-order valence-electron chi connectivity index (χ4n) is 2.50. The van der Waals surface area contributed by atoms with E-state index in [-0.39, 0.29) is 11.6 Å². The topological polar surface area (TPSA) is 53.2 Å². The van der Waals surface area contributed by atoms with Crippen LogP contribution in [0.5, 0.6) is 0 Å². The molecule has 1 saturated carbocycles. The Morgan fingerprint density at radius 1 is 1.38 bits per heavy atom. The van der Waals surface area contributed by atoms with Crippen LogP contribution in [-0.4, -0.2) is 31.2 Å². The number of amides is 2. The first-order chi connectivity index (χ1) is 7.53. The lowest BCUT2D eigenvalue weighted by atomic mass is 10.0. The van der Waals surface area contributed by atoms with Gasteiger partial charge in [-0.1, -0.05) is 6.92 Å². The number of fused-ring (bicyclic) bond motifs is 1. The van der Waals surface area contributed by atoms with Gasteiger partial charge in [0.1, 0.15) is 0 Å². The van der Waals surface area contributed by atoms with Crippen LogP contribution in [0.4, 0.5) is 4.79 Å². The van der Waals surface area contributed by atoms with Gasteiger partial charge in [-0.25, -0.2) is 4.79 Å². The van der Waals surface area contributed by atoms with E-state index in [2.05, 4.69) is 22.9 Å². The molecular formula is C12H23N3O. The molecule has 0 aromatic rings. The number of hydrogen-bond acceptors (Lipinski definition) is 2. The van der Waals surface area contributed by atoms with Crippen LogP contribution in [0.3, 0.4) is 0 Å². The first-order valence-corrected chi connectivity index (χ1v) is 6.30. The van der Waals surface area contributed by atoms with E-state index in [1.807, 2.05) is 13.8 Å². The molecule has 1 aliphatic carbocycles. The monoisotopic (exact) mass is 225 g/mol. The van der Waals surface area contributed by atoms with E-state index >= 15 is 0 Å². The van der Waals surface area contributed by atoms with Crippen molar-refractivity contribution in [2.24, 2.45) is 17.8 Å². The summed E-state index contributed by atoms with van der Waals surface area (Å²) in [7, 11) is 0. The molecule has 2 amide bonds. The third-order valence-electron chi connectivity index (χ3n) is 4.10. The van der Waals surface area contributed by atoms with E-state index in [4.69, 9.17) is 0 Å². The van der Waals surface area contributed by atoms with Crippen LogP contribution in [0.15, 0.2) is 0 Å². The number of urea groups is 1. The number of rotatable bonds is 4. The first kappa shape index (κ1) is 11.7. The van der Waals surface area contributed by atoms with Crippen molar-refractivity contribution < 1.29 is 4.79 Å². The zero-order valence-corrected chi connectivity index (χ0v) is 10.5. The van der Waals surface area contributed by atoms with Crippen LogP contribution in [0.2, 0.25) is 0 Å². The first-order valence-electron chi connectivity index (χ1n) is 6.30. The number of piperidine rings is 1. The second-order valence-electron chi connectivity index (χ2n) is 5.72. The minimum atomic E-state index is -0.106. The highest BCUT2D eigenvalue weighted by Gasteiger charge is 2.52. The van der Waals surface area contributed by atoms with Crippen molar-refractivity contribution >= 4 is 6.03 Å². The summed E-state index contributed by atoms with van der Waals surface area (Å²) in [6.07, 6.45) is 0.943. The van der Waals surface area contributed by atoms with E-state index in [1.165, 1.54) is 0 Å². The quantitative estimate of drug-likeness (QED) is 0.667. The van der Waals surface area contributed by atoms with Gasteiger partial charge in [0.2, 0.25) is 0 Å². The van der Waals surface area contributed by atoms with Crippen molar-refractivity contribution in [1.82, 2.24) is 16.0 Å². The second-order valence-corrected chi connectivity index (χ2v) is 5.72. The fraction of sp³-hybridized carbons (Fsp3) is 0.917. The Morgan fingerprint density at radius 3 is 2.56 bits per heavy atom. The normalized spacial score (nSPS) is 32.1. The van der Waals surface area contributed by atoms with Crippen molar-refractivity contribution in [2.45, 2.75) is 32.7 Å². The summed E-state index contributed by atoms with van der Waals surface area (Å²) in [6.45, 7) is 9.28. The molecule has 2 rings (SSSR count). The van der Waals surface area contributed by atoms with E-state index in [0.29, 0.717) is 0 Å². The van der Waals surface area contributed by atoms with E-state index in [0.717, 1.165) is 43.8 Å². The van der Waals surface area contributed by atoms with Gasteiger partial charge in [-0.05, 0) is 51.1 Å². The fourth-order valence-corrected chi connectivity index (χ4v) is 2.50. The largest absolute Gasteiger partial charge is 0.338 e. The summed E-state index contributed by atoms with van der Waals surface area (Å²) >= 11 is 0. The average molecular weight is 225 g/mol. The molecule has 2 unspecified atom stereocenters. The van der Waals surface area contributed by atoms with Gasteiger partial charge in [0.15, 0.2) is 0 Å². The van der Waals surface area contributed by atoms with E-state index in [9.17, 15) is 4.79 Å². The van der Waals surface area contributed by atoms with Crippen LogP contribution in [0.25, 0.3) is 0 Å². The SMILES string of the molecule is CCC(C)(C)NC(=O)NCC1C2CNCC21. The maximum Gasteiger partial charge on any atom is 0.315 e. The third kappa shape index (κ3) is 2.48. The van der Waals surface area contributed by atoms with Gasteiger partial charge in [0.25, 0.3) is 0 Å². The molecule has 1 aliphatic heterocycles.